The Balaban J connectivity index is 1.29. The third-order valence-corrected chi connectivity index (χ3v) is 7.89. The van der Waals surface area contributed by atoms with Crippen LogP contribution in [0.25, 0.3) is 22.0 Å². The molecule has 0 saturated heterocycles. The van der Waals surface area contributed by atoms with E-state index in [1.807, 2.05) is 18.2 Å². The van der Waals surface area contributed by atoms with E-state index in [1.165, 1.54) is 12.1 Å². The second kappa shape index (κ2) is 15.4. The molecule has 48 heavy (non-hydrogen) atoms. The number of pyridine rings is 1. The predicted octanol–water partition coefficient (Wildman–Crippen LogP) is 8.34. The molecule has 1 heterocycles. The van der Waals surface area contributed by atoms with Gasteiger partial charge in [0.15, 0.2) is 0 Å². The normalized spacial score (nSPS) is 11.9. The Morgan fingerprint density at radius 1 is 0.771 bits per heavy atom. The van der Waals surface area contributed by atoms with Gasteiger partial charge >= 0.3 is 6.18 Å². The SMILES string of the molecule is CCCCCCNC(=O)[C@@H](NC(=O)c1ccc2nc(NC(=O)c3ccccc3-c3ccc(C(F)(F)F)cc3)ccc2c1)c1ccccc1. The lowest BCUT2D eigenvalue weighted by Gasteiger charge is -2.19. The Morgan fingerprint density at radius 2 is 1.50 bits per heavy atom. The van der Waals surface area contributed by atoms with Crippen LogP contribution in [-0.2, 0) is 11.0 Å². The lowest BCUT2D eigenvalue weighted by Crippen LogP contribution is -2.40. The number of hydrogen-bond acceptors (Lipinski definition) is 4. The molecule has 4 aromatic carbocycles. The summed E-state index contributed by atoms with van der Waals surface area (Å²) in [7, 11) is 0. The zero-order chi connectivity index (χ0) is 34.1. The molecule has 7 nitrogen and oxygen atoms in total. The number of hydrogen-bond donors (Lipinski definition) is 3. The summed E-state index contributed by atoms with van der Waals surface area (Å²) < 4.78 is 39.1. The number of carbonyl (C=O) groups is 3. The van der Waals surface area contributed by atoms with Crippen LogP contribution in [0.1, 0.15) is 70.5 Å². The second-order valence-corrected chi connectivity index (χ2v) is 11.3. The standard InChI is InChI=1S/C38H35F3N4O3/c1-2-3-4-10-23-42-37(48)34(26-11-6-5-7-12-26)45-35(46)28-17-21-32-27(24-28)18-22-33(43-32)44-36(47)31-14-9-8-13-30(31)25-15-19-29(20-16-25)38(39,40)41/h5-9,11-22,24,34H,2-4,10,23H2,1H3,(H,42,48)(H,45,46)(H,43,44,47)/t34-/m0/s1. The summed E-state index contributed by atoms with van der Waals surface area (Å²) in [6.07, 6.45) is -0.390. The van der Waals surface area contributed by atoms with E-state index >= 15 is 0 Å². The van der Waals surface area contributed by atoms with Gasteiger partial charge in [-0.15, -0.1) is 0 Å². The summed E-state index contributed by atoms with van der Waals surface area (Å²) in [5.74, 6) is -0.937. The summed E-state index contributed by atoms with van der Waals surface area (Å²) in [5.41, 5.74) is 1.95. The average molecular weight is 653 g/mol. The molecule has 0 aliphatic carbocycles. The van der Waals surface area contributed by atoms with Crippen LogP contribution in [0.3, 0.4) is 0 Å². The fraction of sp³-hybridized carbons (Fsp3) is 0.211. The molecule has 5 aromatic rings. The molecule has 1 atom stereocenters. The quantitative estimate of drug-likeness (QED) is 0.118. The number of amides is 3. The van der Waals surface area contributed by atoms with Crippen LogP contribution >= 0.6 is 0 Å². The van der Waals surface area contributed by atoms with Crippen molar-refractivity contribution in [3.05, 3.63) is 131 Å². The molecule has 0 bridgehead atoms. The molecule has 3 amide bonds. The molecule has 0 unspecified atom stereocenters. The van der Waals surface area contributed by atoms with Gasteiger partial charge in [0.1, 0.15) is 11.9 Å². The van der Waals surface area contributed by atoms with E-state index in [0.29, 0.717) is 39.7 Å². The number of rotatable bonds is 12. The highest BCUT2D eigenvalue weighted by Gasteiger charge is 2.30. The summed E-state index contributed by atoms with van der Waals surface area (Å²) in [6, 6.07) is 27.7. The van der Waals surface area contributed by atoms with Gasteiger partial charge in [0.25, 0.3) is 11.8 Å². The summed E-state index contributed by atoms with van der Waals surface area (Å²) in [6.45, 7) is 2.65. The van der Waals surface area contributed by atoms with E-state index in [-0.39, 0.29) is 17.3 Å². The number of nitrogens with one attached hydrogen (secondary N) is 3. The van der Waals surface area contributed by atoms with Gasteiger partial charge in [-0.2, -0.15) is 13.2 Å². The molecular formula is C38H35F3N4O3. The van der Waals surface area contributed by atoms with E-state index in [4.69, 9.17) is 0 Å². The van der Waals surface area contributed by atoms with Crippen LogP contribution < -0.4 is 16.0 Å². The van der Waals surface area contributed by atoms with Crippen LogP contribution in [0.4, 0.5) is 19.0 Å². The average Bonchev–Trinajstić information content (AvgIpc) is 3.10. The van der Waals surface area contributed by atoms with E-state index in [2.05, 4.69) is 27.9 Å². The minimum absolute atomic E-state index is 0.256. The van der Waals surface area contributed by atoms with Gasteiger partial charge in [-0.05, 0) is 71.6 Å². The largest absolute Gasteiger partial charge is 0.416 e. The first-order chi connectivity index (χ1) is 23.1. The number of aromatic nitrogens is 1. The van der Waals surface area contributed by atoms with Crippen LogP contribution in [0.15, 0.2) is 109 Å². The molecule has 0 spiro atoms. The van der Waals surface area contributed by atoms with Crippen LogP contribution in [0.5, 0.6) is 0 Å². The third-order valence-electron chi connectivity index (χ3n) is 7.89. The molecule has 246 valence electrons. The Hall–Kier alpha value is -5.51. The Labute approximate surface area is 276 Å². The van der Waals surface area contributed by atoms with Gasteiger partial charge in [0.05, 0.1) is 11.1 Å². The molecule has 0 saturated carbocycles. The van der Waals surface area contributed by atoms with Crippen molar-refractivity contribution >= 4 is 34.4 Å². The molecule has 0 aliphatic heterocycles. The van der Waals surface area contributed by atoms with Gasteiger partial charge in [0.2, 0.25) is 5.91 Å². The Bertz CT molecular complexity index is 1890. The first kappa shape index (κ1) is 33.8. The Kier molecular flexibility index (Phi) is 10.8. The monoisotopic (exact) mass is 652 g/mol. The number of nitrogens with zero attached hydrogens (tertiary/aromatic N) is 1. The lowest BCUT2D eigenvalue weighted by atomic mass is 9.98. The van der Waals surface area contributed by atoms with Crippen LogP contribution in [0.2, 0.25) is 0 Å². The zero-order valence-electron chi connectivity index (χ0n) is 26.3. The van der Waals surface area contributed by atoms with Crippen LogP contribution in [0, 0.1) is 0 Å². The van der Waals surface area contributed by atoms with E-state index in [0.717, 1.165) is 37.8 Å². The highest BCUT2D eigenvalue weighted by Crippen LogP contribution is 2.32. The molecule has 10 heteroatoms. The molecule has 0 aliphatic rings. The van der Waals surface area contributed by atoms with Crippen molar-refractivity contribution in [1.82, 2.24) is 15.6 Å². The fourth-order valence-corrected chi connectivity index (χ4v) is 5.32. The summed E-state index contributed by atoms with van der Waals surface area (Å²) >= 11 is 0. The van der Waals surface area contributed by atoms with Gasteiger partial charge in [-0.25, -0.2) is 4.98 Å². The molecule has 1 aromatic heterocycles. The Morgan fingerprint density at radius 3 is 2.23 bits per heavy atom. The minimum atomic E-state index is -4.46. The van der Waals surface area contributed by atoms with Crippen molar-refractivity contribution < 1.29 is 27.6 Å². The molecule has 5 rings (SSSR count). The number of fused-ring (bicyclic) bond motifs is 1. The number of unbranched alkanes of at least 4 members (excludes halogenated alkanes) is 3. The summed E-state index contributed by atoms with van der Waals surface area (Å²) in [5, 5.41) is 9.21. The van der Waals surface area contributed by atoms with E-state index in [9.17, 15) is 27.6 Å². The van der Waals surface area contributed by atoms with Gasteiger partial charge in [0, 0.05) is 23.1 Å². The maximum absolute atomic E-state index is 13.4. The molecular weight excluding hydrogens is 617 g/mol. The maximum Gasteiger partial charge on any atom is 0.416 e. The second-order valence-electron chi connectivity index (χ2n) is 11.3. The molecule has 0 radical (unpaired) electrons. The van der Waals surface area contributed by atoms with Gasteiger partial charge < -0.3 is 16.0 Å². The fourth-order valence-electron chi connectivity index (χ4n) is 5.32. The van der Waals surface area contributed by atoms with E-state index < -0.39 is 29.6 Å². The van der Waals surface area contributed by atoms with Crippen molar-refractivity contribution in [2.45, 2.75) is 44.8 Å². The van der Waals surface area contributed by atoms with Gasteiger partial charge in [-0.3, -0.25) is 14.4 Å². The highest BCUT2D eigenvalue weighted by atomic mass is 19.4. The smallest absolute Gasteiger partial charge is 0.354 e. The zero-order valence-corrected chi connectivity index (χ0v) is 26.3. The predicted molar refractivity (Wildman–Crippen MR) is 180 cm³/mol. The first-order valence-corrected chi connectivity index (χ1v) is 15.8. The topological polar surface area (TPSA) is 100 Å². The van der Waals surface area contributed by atoms with Crippen LogP contribution in [-0.4, -0.2) is 29.3 Å². The summed E-state index contributed by atoms with van der Waals surface area (Å²) in [4.78, 5) is 44.3. The lowest BCUT2D eigenvalue weighted by molar-refractivity contribution is -0.137. The van der Waals surface area contributed by atoms with Crippen molar-refractivity contribution in [1.29, 1.82) is 0 Å². The minimum Gasteiger partial charge on any atom is -0.354 e. The van der Waals surface area contributed by atoms with E-state index in [1.54, 1.807) is 66.7 Å². The van der Waals surface area contributed by atoms with Crippen molar-refractivity contribution in [3.8, 4) is 11.1 Å². The van der Waals surface area contributed by atoms with Crippen molar-refractivity contribution in [2.24, 2.45) is 0 Å². The number of carbonyl (C=O) groups excluding carboxylic acids is 3. The van der Waals surface area contributed by atoms with Gasteiger partial charge in [-0.1, -0.05) is 86.8 Å². The number of anilines is 1. The maximum atomic E-state index is 13.4. The highest BCUT2D eigenvalue weighted by molar-refractivity contribution is 6.09. The van der Waals surface area contributed by atoms with Crippen molar-refractivity contribution in [2.75, 3.05) is 11.9 Å². The third kappa shape index (κ3) is 8.44. The van der Waals surface area contributed by atoms with Crippen molar-refractivity contribution in [3.63, 3.8) is 0 Å². The molecule has 3 N–H and O–H groups in total. The number of benzene rings is 4. The molecule has 0 fully saturated rings. The number of halogens is 3. The number of alkyl halides is 3. The first-order valence-electron chi connectivity index (χ1n) is 15.8.